The van der Waals surface area contributed by atoms with Crippen LogP contribution in [0.25, 0.3) is 16.0 Å². The Balaban J connectivity index is 0.000000347. The van der Waals surface area contributed by atoms with E-state index in [-0.39, 0.29) is 16.7 Å². The van der Waals surface area contributed by atoms with Gasteiger partial charge in [-0.05, 0) is 11.6 Å². The smallest absolute Gasteiger partial charge is 0.463 e. The fourth-order valence-electron chi connectivity index (χ4n) is 1.23. The van der Waals surface area contributed by atoms with Crippen molar-refractivity contribution in [1.29, 1.82) is 5.39 Å². The van der Waals surface area contributed by atoms with Crippen molar-refractivity contribution in [2.75, 3.05) is 0 Å². The van der Waals surface area contributed by atoms with Crippen LogP contribution in [0.4, 0.5) is 11.4 Å². The Morgan fingerprint density at radius 3 is 2.50 bits per heavy atom. The Bertz CT molecular complexity index is 801. The highest BCUT2D eigenvalue weighted by Crippen LogP contribution is 2.31. The lowest BCUT2D eigenvalue weighted by molar-refractivity contribution is -0.383. The first-order chi connectivity index (χ1) is 9.11. The molecule has 2 N–H and O–H groups in total. The fraction of sp³-hybridized carbons (Fsp3) is 0. The van der Waals surface area contributed by atoms with E-state index in [0.717, 1.165) is 0 Å². The molecule has 20 heavy (non-hydrogen) atoms. The number of nitrogens with one attached hydrogen (secondary N) is 1. The Hall–Kier alpha value is -2.33. The standard InChI is InChI=1S/C7H3ClN5O2.H2O4S/c8-7-10-3-1-5(12-9)6(13(14)15)2-4(3)11-7;1-5(2,3)4/h1-2H,(H,10,11);(H2,1,2,3,4)/q+1;/p-1. The molecule has 1 heterocycles. The minimum absolute atomic E-state index is 0.120. The third-order valence-electron chi connectivity index (χ3n) is 1.85. The minimum Gasteiger partial charge on any atom is -0.726 e. The summed E-state index contributed by atoms with van der Waals surface area (Å²) in [6, 6.07) is 2.49. The van der Waals surface area contributed by atoms with E-state index < -0.39 is 15.3 Å². The maximum Gasteiger partial charge on any atom is 0.463 e. The summed E-state index contributed by atoms with van der Waals surface area (Å²) in [7, 11) is -4.92. The molecule has 0 aliphatic heterocycles. The van der Waals surface area contributed by atoms with Gasteiger partial charge < -0.3 is 9.54 Å². The average Bonchev–Trinajstić information content (AvgIpc) is 2.63. The molecule has 11 nitrogen and oxygen atoms in total. The van der Waals surface area contributed by atoms with E-state index in [2.05, 4.69) is 14.9 Å². The van der Waals surface area contributed by atoms with Gasteiger partial charge in [-0.3, -0.25) is 14.7 Å². The molecule has 0 saturated carbocycles. The van der Waals surface area contributed by atoms with Crippen molar-refractivity contribution in [2.24, 2.45) is 0 Å². The molecule has 13 heteroatoms. The Kier molecular flexibility index (Phi) is 4.53. The van der Waals surface area contributed by atoms with Gasteiger partial charge in [0.15, 0.2) is 4.98 Å². The van der Waals surface area contributed by atoms with E-state index in [1.54, 1.807) is 0 Å². The van der Waals surface area contributed by atoms with Crippen molar-refractivity contribution in [2.45, 2.75) is 0 Å². The molecule has 0 bridgehead atoms. The third kappa shape index (κ3) is 4.40. The van der Waals surface area contributed by atoms with E-state index in [4.69, 9.17) is 34.5 Å². The summed E-state index contributed by atoms with van der Waals surface area (Å²) in [6.07, 6.45) is 0. The first kappa shape index (κ1) is 15.7. The number of nitrogens with zero attached hydrogens (tertiary/aromatic N) is 4. The summed E-state index contributed by atoms with van der Waals surface area (Å²) in [6.45, 7) is 0. The zero-order valence-corrected chi connectivity index (χ0v) is 10.8. The van der Waals surface area contributed by atoms with E-state index in [0.29, 0.717) is 11.0 Å². The van der Waals surface area contributed by atoms with Gasteiger partial charge in [0.25, 0.3) is 0 Å². The van der Waals surface area contributed by atoms with Gasteiger partial charge >= 0.3 is 11.4 Å². The molecule has 1 aromatic carbocycles. The maximum absolute atomic E-state index is 10.6. The molecule has 0 fully saturated rings. The maximum atomic E-state index is 10.6. The molecular formula is C7H4ClN5O6S. The highest BCUT2D eigenvalue weighted by atomic mass is 35.5. The quantitative estimate of drug-likeness (QED) is 0.261. The Morgan fingerprint density at radius 2 is 2.05 bits per heavy atom. The SMILES string of the molecule is N#[N+]c1cc2nc(Cl)[nH]c2cc1[N+](=O)[O-].O=S(=O)([O-])O. The van der Waals surface area contributed by atoms with Crippen LogP contribution in [0.2, 0.25) is 5.28 Å². The number of nitro groups is 1. The number of halogens is 1. The molecule has 2 aromatic rings. The summed E-state index contributed by atoms with van der Waals surface area (Å²) in [4.78, 5) is 19.2. The number of rotatable bonds is 1. The van der Waals surface area contributed by atoms with Crippen LogP contribution >= 0.6 is 11.6 Å². The van der Waals surface area contributed by atoms with Crippen molar-refractivity contribution in [3.63, 3.8) is 0 Å². The number of hydrogen-bond donors (Lipinski definition) is 2. The summed E-state index contributed by atoms with van der Waals surface area (Å²) in [5.41, 5.74) is 0.346. The second kappa shape index (κ2) is 5.75. The molecular weight excluding hydrogens is 318 g/mol. The monoisotopic (exact) mass is 321 g/mol. The van der Waals surface area contributed by atoms with Gasteiger partial charge in [-0.1, -0.05) is 0 Å². The lowest BCUT2D eigenvalue weighted by Crippen LogP contribution is -1.90. The van der Waals surface area contributed by atoms with E-state index in [1.807, 2.05) is 0 Å². The molecule has 0 unspecified atom stereocenters. The minimum atomic E-state index is -4.92. The lowest BCUT2D eigenvalue weighted by Gasteiger charge is -1.88. The van der Waals surface area contributed by atoms with Crippen molar-refractivity contribution >= 4 is 44.4 Å². The van der Waals surface area contributed by atoms with Gasteiger partial charge in [-0.2, -0.15) is 0 Å². The third-order valence-corrected chi connectivity index (χ3v) is 2.03. The number of imidazole rings is 1. The second-order valence-corrected chi connectivity index (χ2v) is 4.38. The number of aromatic nitrogens is 2. The first-order valence-corrected chi connectivity index (χ1v) is 6.23. The molecule has 0 atom stereocenters. The van der Waals surface area contributed by atoms with Gasteiger partial charge in [0.05, 0.1) is 28.1 Å². The molecule has 2 rings (SSSR count). The topological polar surface area (TPSA) is 177 Å². The van der Waals surface area contributed by atoms with Crippen LogP contribution < -0.4 is 0 Å². The van der Waals surface area contributed by atoms with Crippen LogP contribution in [0.1, 0.15) is 0 Å². The number of hydrogen-bond acceptors (Lipinski definition) is 7. The molecule has 1 aromatic heterocycles. The first-order valence-electron chi connectivity index (χ1n) is 4.49. The van der Waals surface area contributed by atoms with E-state index >= 15 is 0 Å². The summed E-state index contributed by atoms with van der Waals surface area (Å²) < 4.78 is 32.8. The fourth-order valence-corrected chi connectivity index (χ4v) is 1.42. The molecule has 0 aliphatic carbocycles. The second-order valence-electron chi connectivity index (χ2n) is 3.17. The van der Waals surface area contributed by atoms with Crippen LogP contribution in [-0.4, -0.2) is 32.4 Å². The Morgan fingerprint density at radius 1 is 1.50 bits per heavy atom. The molecule has 0 saturated heterocycles. The summed E-state index contributed by atoms with van der Waals surface area (Å²) in [5, 5.41) is 19.3. The van der Waals surface area contributed by atoms with Gasteiger partial charge in [0, 0.05) is 0 Å². The van der Waals surface area contributed by atoms with E-state index in [9.17, 15) is 10.1 Å². The van der Waals surface area contributed by atoms with Crippen molar-refractivity contribution < 1.29 is 22.4 Å². The molecule has 0 amide bonds. The van der Waals surface area contributed by atoms with Crippen molar-refractivity contribution in [1.82, 2.24) is 9.97 Å². The largest absolute Gasteiger partial charge is 0.726 e. The number of aromatic amines is 1. The highest BCUT2D eigenvalue weighted by Gasteiger charge is 2.26. The van der Waals surface area contributed by atoms with Gasteiger partial charge in [0.2, 0.25) is 21.1 Å². The van der Waals surface area contributed by atoms with Gasteiger partial charge in [-0.25, -0.2) is 13.4 Å². The van der Waals surface area contributed by atoms with Crippen LogP contribution in [0.15, 0.2) is 12.1 Å². The number of benzene rings is 1. The van der Waals surface area contributed by atoms with Gasteiger partial charge in [-0.15, -0.1) is 0 Å². The average molecular weight is 322 g/mol. The number of nitro benzene ring substituents is 1. The van der Waals surface area contributed by atoms with Gasteiger partial charge in [0.1, 0.15) is 0 Å². The van der Waals surface area contributed by atoms with Crippen LogP contribution in [0, 0.1) is 15.5 Å². The molecule has 0 spiro atoms. The number of H-pyrrole nitrogens is 1. The molecule has 0 radical (unpaired) electrons. The van der Waals surface area contributed by atoms with Crippen LogP contribution in [-0.2, 0) is 10.4 Å². The number of fused-ring (bicyclic) bond motifs is 1. The zero-order chi connectivity index (χ0) is 15.5. The number of diazo groups is 1. The molecule has 0 aliphatic rings. The highest BCUT2D eigenvalue weighted by molar-refractivity contribution is 7.79. The van der Waals surface area contributed by atoms with Crippen LogP contribution in [0.3, 0.4) is 0 Å². The normalized spacial score (nSPS) is 10.5. The predicted molar refractivity (Wildman–Crippen MR) is 64.8 cm³/mol. The predicted octanol–water partition coefficient (Wildman–Crippen LogP) is 1.61. The van der Waals surface area contributed by atoms with Crippen molar-refractivity contribution in [3.05, 3.63) is 32.5 Å². The van der Waals surface area contributed by atoms with Crippen molar-refractivity contribution in [3.8, 4) is 0 Å². The summed E-state index contributed by atoms with van der Waals surface area (Å²) >= 11 is 5.58. The zero-order valence-electron chi connectivity index (χ0n) is 9.22. The summed E-state index contributed by atoms with van der Waals surface area (Å²) in [5.74, 6) is 0. The van der Waals surface area contributed by atoms with E-state index in [1.165, 1.54) is 12.1 Å². The Labute approximate surface area is 115 Å². The molecule has 106 valence electrons. The van der Waals surface area contributed by atoms with Crippen LogP contribution in [0.5, 0.6) is 0 Å². The lowest BCUT2D eigenvalue weighted by atomic mass is 10.2.